The molecule has 92 valence electrons. The van der Waals surface area contributed by atoms with Gasteiger partial charge in [0.15, 0.2) is 0 Å². The monoisotopic (exact) mass is 233 g/mol. The Kier molecular flexibility index (Phi) is 3.58. The standard InChI is InChI=1S/C12H19N5/c1-3-17-8-10(6-15-17)11-7-14-12(16-11)5-4-9(2)13/h6-9H,3-5,13H2,1-2H3,(H,14,16). The maximum atomic E-state index is 5.72. The molecule has 3 N–H and O–H groups in total. The molecule has 2 aromatic rings. The lowest BCUT2D eigenvalue weighted by Gasteiger charge is -2.01. The van der Waals surface area contributed by atoms with E-state index in [-0.39, 0.29) is 6.04 Å². The van der Waals surface area contributed by atoms with Gasteiger partial charge in [0.05, 0.1) is 18.1 Å². The number of H-pyrrole nitrogens is 1. The minimum atomic E-state index is 0.214. The van der Waals surface area contributed by atoms with Gasteiger partial charge in [-0.3, -0.25) is 4.68 Å². The Morgan fingerprint density at radius 1 is 1.47 bits per heavy atom. The van der Waals surface area contributed by atoms with Crippen molar-refractivity contribution in [2.24, 2.45) is 5.73 Å². The van der Waals surface area contributed by atoms with Crippen LogP contribution in [0.15, 0.2) is 18.6 Å². The highest BCUT2D eigenvalue weighted by Gasteiger charge is 2.06. The van der Waals surface area contributed by atoms with Crippen LogP contribution in [0, 0.1) is 0 Å². The van der Waals surface area contributed by atoms with E-state index in [1.54, 1.807) is 0 Å². The molecule has 0 saturated carbocycles. The van der Waals surface area contributed by atoms with Crippen LogP contribution in [0.25, 0.3) is 11.3 Å². The second-order valence-electron chi connectivity index (χ2n) is 4.34. The average molecular weight is 233 g/mol. The minimum Gasteiger partial charge on any atom is -0.342 e. The van der Waals surface area contributed by atoms with E-state index >= 15 is 0 Å². The van der Waals surface area contributed by atoms with Gasteiger partial charge >= 0.3 is 0 Å². The van der Waals surface area contributed by atoms with Gasteiger partial charge in [0.1, 0.15) is 5.82 Å². The highest BCUT2D eigenvalue weighted by molar-refractivity contribution is 5.55. The molecule has 2 rings (SSSR count). The summed E-state index contributed by atoms with van der Waals surface area (Å²) in [5, 5.41) is 4.24. The summed E-state index contributed by atoms with van der Waals surface area (Å²) in [7, 11) is 0. The first-order valence-electron chi connectivity index (χ1n) is 6.01. The Hall–Kier alpha value is -1.62. The molecule has 0 aliphatic rings. The van der Waals surface area contributed by atoms with Crippen LogP contribution < -0.4 is 5.73 Å². The summed E-state index contributed by atoms with van der Waals surface area (Å²) in [6, 6.07) is 0.214. The third kappa shape index (κ3) is 2.94. The second-order valence-corrected chi connectivity index (χ2v) is 4.34. The van der Waals surface area contributed by atoms with Crippen molar-refractivity contribution in [2.45, 2.75) is 39.3 Å². The fraction of sp³-hybridized carbons (Fsp3) is 0.500. The van der Waals surface area contributed by atoms with Gasteiger partial charge in [-0.2, -0.15) is 5.10 Å². The van der Waals surface area contributed by atoms with Gasteiger partial charge < -0.3 is 10.7 Å². The molecule has 1 unspecified atom stereocenters. The fourth-order valence-electron chi connectivity index (χ4n) is 1.68. The number of rotatable bonds is 5. The van der Waals surface area contributed by atoms with Crippen LogP contribution in [0.4, 0.5) is 0 Å². The molecule has 0 amide bonds. The van der Waals surface area contributed by atoms with E-state index in [1.807, 2.05) is 30.2 Å². The van der Waals surface area contributed by atoms with Crippen LogP contribution in [0.1, 0.15) is 26.1 Å². The molecule has 0 aliphatic carbocycles. The van der Waals surface area contributed by atoms with Gasteiger partial charge in [-0.05, 0) is 20.3 Å². The molecule has 0 bridgehead atoms. The number of aromatic amines is 1. The van der Waals surface area contributed by atoms with Crippen LogP contribution in [0.5, 0.6) is 0 Å². The molecule has 0 aromatic carbocycles. The van der Waals surface area contributed by atoms with Crippen LogP contribution in [-0.2, 0) is 13.0 Å². The lowest BCUT2D eigenvalue weighted by molar-refractivity contribution is 0.652. The van der Waals surface area contributed by atoms with Crippen LogP contribution in [0.3, 0.4) is 0 Å². The second kappa shape index (κ2) is 5.14. The summed E-state index contributed by atoms with van der Waals surface area (Å²) in [6.45, 7) is 4.96. The van der Waals surface area contributed by atoms with Gasteiger partial charge in [0, 0.05) is 30.8 Å². The molecule has 5 nitrogen and oxygen atoms in total. The lowest BCUT2D eigenvalue weighted by atomic mass is 10.2. The molecule has 0 spiro atoms. The highest BCUT2D eigenvalue weighted by Crippen LogP contribution is 2.16. The number of imidazole rings is 1. The first-order valence-corrected chi connectivity index (χ1v) is 6.01. The van der Waals surface area contributed by atoms with E-state index in [0.29, 0.717) is 0 Å². The molecule has 17 heavy (non-hydrogen) atoms. The van der Waals surface area contributed by atoms with E-state index in [1.165, 1.54) is 0 Å². The zero-order valence-corrected chi connectivity index (χ0v) is 10.3. The summed E-state index contributed by atoms with van der Waals surface area (Å²) < 4.78 is 1.90. The molecular weight excluding hydrogens is 214 g/mol. The van der Waals surface area contributed by atoms with Crippen molar-refractivity contribution in [3.8, 4) is 11.3 Å². The summed E-state index contributed by atoms with van der Waals surface area (Å²) in [5.41, 5.74) is 7.82. The number of aryl methyl sites for hydroxylation is 2. The summed E-state index contributed by atoms with van der Waals surface area (Å²) >= 11 is 0. The Morgan fingerprint density at radius 2 is 2.29 bits per heavy atom. The molecule has 0 fully saturated rings. The molecule has 2 aromatic heterocycles. The Morgan fingerprint density at radius 3 is 2.94 bits per heavy atom. The lowest BCUT2D eigenvalue weighted by Crippen LogP contribution is -2.15. The molecular formula is C12H19N5. The van der Waals surface area contributed by atoms with Crippen molar-refractivity contribution in [1.29, 1.82) is 0 Å². The predicted molar refractivity (Wildman–Crippen MR) is 67.5 cm³/mol. The van der Waals surface area contributed by atoms with Gasteiger partial charge in [-0.25, -0.2) is 4.98 Å². The third-order valence-electron chi connectivity index (χ3n) is 2.73. The molecule has 5 heteroatoms. The highest BCUT2D eigenvalue weighted by atomic mass is 15.3. The average Bonchev–Trinajstić information content (AvgIpc) is 2.94. The molecule has 2 heterocycles. The van der Waals surface area contributed by atoms with E-state index < -0.39 is 0 Å². The zero-order chi connectivity index (χ0) is 12.3. The maximum absolute atomic E-state index is 5.72. The largest absolute Gasteiger partial charge is 0.342 e. The minimum absolute atomic E-state index is 0.214. The smallest absolute Gasteiger partial charge is 0.106 e. The van der Waals surface area contributed by atoms with Crippen molar-refractivity contribution >= 4 is 0 Å². The van der Waals surface area contributed by atoms with Crippen molar-refractivity contribution in [3.05, 3.63) is 24.4 Å². The maximum Gasteiger partial charge on any atom is 0.106 e. The SMILES string of the molecule is CCn1cc(-c2cnc(CCC(C)N)[nH]2)cn1. The van der Waals surface area contributed by atoms with Crippen LogP contribution in [-0.4, -0.2) is 25.8 Å². The van der Waals surface area contributed by atoms with Crippen molar-refractivity contribution in [2.75, 3.05) is 0 Å². The van der Waals surface area contributed by atoms with Gasteiger partial charge in [-0.15, -0.1) is 0 Å². The quantitative estimate of drug-likeness (QED) is 0.823. The van der Waals surface area contributed by atoms with Gasteiger partial charge in [0.2, 0.25) is 0 Å². The molecule has 0 saturated heterocycles. The molecule has 0 aliphatic heterocycles. The molecule has 0 radical (unpaired) electrons. The fourth-order valence-corrected chi connectivity index (χ4v) is 1.68. The van der Waals surface area contributed by atoms with E-state index in [9.17, 15) is 0 Å². The predicted octanol–water partition coefficient (Wildman–Crippen LogP) is 1.57. The number of nitrogens with zero attached hydrogens (tertiary/aromatic N) is 3. The Bertz CT molecular complexity index is 469. The summed E-state index contributed by atoms with van der Waals surface area (Å²) in [5.74, 6) is 0.988. The zero-order valence-electron chi connectivity index (χ0n) is 10.3. The summed E-state index contributed by atoms with van der Waals surface area (Å²) in [6.07, 6.45) is 7.56. The van der Waals surface area contributed by atoms with Crippen LogP contribution >= 0.6 is 0 Å². The number of hydrogen-bond acceptors (Lipinski definition) is 3. The van der Waals surface area contributed by atoms with Crippen LogP contribution in [0.2, 0.25) is 0 Å². The summed E-state index contributed by atoms with van der Waals surface area (Å²) in [4.78, 5) is 7.65. The number of nitrogens with one attached hydrogen (secondary N) is 1. The third-order valence-corrected chi connectivity index (χ3v) is 2.73. The van der Waals surface area contributed by atoms with Gasteiger partial charge in [0.25, 0.3) is 0 Å². The Labute approximate surface area is 101 Å². The van der Waals surface area contributed by atoms with Crippen molar-refractivity contribution < 1.29 is 0 Å². The van der Waals surface area contributed by atoms with E-state index in [0.717, 1.165) is 36.5 Å². The number of hydrogen-bond donors (Lipinski definition) is 2. The molecule has 1 atom stereocenters. The topological polar surface area (TPSA) is 72.5 Å². The van der Waals surface area contributed by atoms with E-state index in [4.69, 9.17) is 5.73 Å². The van der Waals surface area contributed by atoms with Crippen molar-refractivity contribution in [1.82, 2.24) is 19.7 Å². The first-order chi connectivity index (χ1) is 8.19. The first kappa shape index (κ1) is 11.9. The Balaban J connectivity index is 2.07. The number of aromatic nitrogens is 4. The number of nitrogens with two attached hydrogens (primary N) is 1. The van der Waals surface area contributed by atoms with E-state index in [2.05, 4.69) is 22.0 Å². The van der Waals surface area contributed by atoms with Gasteiger partial charge in [-0.1, -0.05) is 0 Å². The van der Waals surface area contributed by atoms with Crippen molar-refractivity contribution in [3.63, 3.8) is 0 Å². The normalized spacial score (nSPS) is 12.9.